The lowest BCUT2D eigenvalue weighted by atomic mass is 10.2. The van der Waals surface area contributed by atoms with E-state index in [1.807, 2.05) is 0 Å². The van der Waals surface area contributed by atoms with Gasteiger partial charge in [-0.3, -0.25) is 9.59 Å². The first-order valence-corrected chi connectivity index (χ1v) is 6.64. The maximum atomic E-state index is 13.1. The highest BCUT2D eigenvalue weighted by Gasteiger charge is 2.11. The number of hydrogen-bond donors (Lipinski definition) is 2. The van der Waals surface area contributed by atoms with Crippen molar-refractivity contribution in [1.29, 1.82) is 0 Å². The number of aromatic amines is 1. The Morgan fingerprint density at radius 2 is 2.00 bits per heavy atom. The van der Waals surface area contributed by atoms with Gasteiger partial charge in [-0.05, 0) is 17.7 Å². The highest BCUT2D eigenvalue weighted by atomic mass is 19.1. The van der Waals surface area contributed by atoms with Gasteiger partial charge in [0.1, 0.15) is 23.6 Å². The minimum Gasteiger partial charge on any atom is -0.350 e. The molecule has 0 aliphatic heterocycles. The molecular formula is C14H11F2N5O2. The zero-order valence-corrected chi connectivity index (χ0v) is 11.7. The first-order chi connectivity index (χ1) is 11.0. The van der Waals surface area contributed by atoms with E-state index in [2.05, 4.69) is 20.4 Å². The second-order valence-electron chi connectivity index (χ2n) is 4.83. The highest BCUT2D eigenvalue weighted by molar-refractivity contribution is 5.79. The van der Waals surface area contributed by atoms with Gasteiger partial charge in [0.2, 0.25) is 5.91 Å². The number of benzene rings is 1. The highest BCUT2D eigenvalue weighted by Crippen LogP contribution is 2.08. The monoisotopic (exact) mass is 319 g/mol. The summed E-state index contributed by atoms with van der Waals surface area (Å²) < 4.78 is 27.4. The standard InChI is InChI=1S/C14H11F2N5O2/c15-9-1-8(2-10(16)3-9)4-17-12(22)6-21-13-11(5-20-21)14(23)19-7-18-13/h1-3,5,7H,4,6H2,(H,17,22)(H,18,19,23). The number of H-pyrrole nitrogens is 1. The minimum atomic E-state index is -0.712. The van der Waals surface area contributed by atoms with Crippen LogP contribution in [0.1, 0.15) is 5.56 Å². The molecule has 2 heterocycles. The molecule has 0 unspecified atom stereocenters. The number of amides is 1. The number of nitrogens with zero attached hydrogens (tertiary/aromatic N) is 3. The van der Waals surface area contributed by atoms with E-state index in [0.717, 1.165) is 18.2 Å². The SMILES string of the molecule is O=C(Cn1ncc2c(=O)[nH]cnc21)NCc1cc(F)cc(F)c1. The Morgan fingerprint density at radius 3 is 2.74 bits per heavy atom. The van der Waals surface area contributed by atoms with Crippen LogP contribution < -0.4 is 10.9 Å². The van der Waals surface area contributed by atoms with E-state index in [4.69, 9.17) is 0 Å². The second kappa shape index (κ2) is 5.95. The number of rotatable bonds is 4. The van der Waals surface area contributed by atoms with Crippen LogP contribution in [0.5, 0.6) is 0 Å². The van der Waals surface area contributed by atoms with Crippen molar-refractivity contribution in [3.63, 3.8) is 0 Å². The third kappa shape index (κ3) is 3.23. The number of aromatic nitrogens is 4. The number of carbonyl (C=O) groups is 1. The van der Waals surface area contributed by atoms with E-state index in [-0.39, 0.29) is 29.7 Å². The van der Waals surface area contributed by atoms with Crippen molar-refractivity contribution in [2.24, 2.45) is 0 Å². The van der Waals surface area contributed by atoms with Crippen LogP contribution in [0.15, 0.2) is 35.5 Å². The molecule has 2 aromatic heterocycles. The molecule has 0 saturated carbocycles. The average molecular weight is 319 g/mol. The smallest absolute Gasteiger partial charge is 0.261 e. The summed E-state index contributed by atoms with van der Waals surface area (Å²) in [5.41, 5.74) is 0.230. The summed E-state index contributed by atoms with van der Waals surface area (Å²) in [7, 11) is 0. The van der Waals surface area contributed by atoms with Crippen molar-refractivity contribution in [3.05, 3.63) is 58.3 Å². The molecule has 7 nitrogen and oxygen atoms in total. The number of carbonyl (C=O) groups excluding carboxylic acids is 1. The van der Waals surface area contributed by atoms with Crippen molar-refractivity contribution in [2.45, 2.75) is 13.1 Å². The van der Waals surface area contributed by atoms with Crippen molar-refractivity contribution in [1.82, 2.24) is 25.1 Å². The molecule has 0 fully saturated rings. The summed E-state index contributed by atoms with van der Waals surface area (Å²) in [4.78, 5) is 29.8. The predicted molar refractivity (Wildman–Crippen MR) is 76.4 cm³/mol. The van der Waals surface area contributed by atoms with Crippen molar-refractivity contribution < 1.29 is 13.6 Å². The molecule has 118 valence electrons. The van der Waals surface area contributed by atoms with Crippen molar-refractivity contribution >= 4 is 16.9 Å². The molecule has 23 heavy (non-hydrogen) atoms. The quantitative estimate of drug-likeness (QED) is 0.741. The van der Waals surface area contributed by atoms with Crippen LogP contribution >= 0.6 is 0 Å². The van der Waals surface area contributed by atoms with E-state index in [1.165, 1.54) is 17.2 Å². The van der Waals surface area contributed by atoms with E-state index in [1.54, 1.807) is 0 Å². The number of halogens is 2. The summed E-state index contributed by atoms with van der Waals surface area (Å²) in [6.07, 6.45) is 2.53. The molecule has 1 amide bonds. The van der Waals surface area contributed by atoms with Crippen molar-refractivity contribution in [3.8, 4) is 0 Å². The lowest BCUT2D eigenvalue weighted by Crippen LogP contribution is -2.27. The van der Waals surface area contributed by atoms with Crippen molar-refractivity contribution in [2.75, 3.05) is 0 Å². The Hall–Kier alpha value is -3.10. The predicted octanol–water partition coefficient (Wildman–Crippen LogP) is 0.714. The molecule has 3 aromatic rings. The maximum absolute atomic E-state index is 13.1. The van der Waals surface area contributed by atoms with Crippen LogP contribution in [0.25, 0.3) is 11.0 Å². The average Bonchev–Trinajstić information content (AvgIpc) is 2.89. The van der Waals surface area contributed by atoms with E-state index < -0.39 is 17.5 Å². The summed E-state index contributed by atoms with van der Waals surface area (Å²) in [5.74, 6) is -1.85. The van der Waals surface area contributed by atoms with Crippen LogP contribution in [-0.2, 0) is 17.9 Å². The molecule has 1 aromatic carbocycles. The molecule has 0 aliphatic carbocycles. The summed E-state index contributed by atoms with van der Waals surface area (Å²) in [6, 6.07) is 3.02. The molecule has 2 N–H and O–H groups in total. The largest absolute Gasteiger partial charge is 0.350 e. The Balaban J connectivity index is 1.69. The van der Waals surface area contributed by atoms with Crippen LogP contribution in [0.3, 0.4) is 0 Å². The molecule has 0 atom stereocenters. The van der Waals surface area contributed by atoms with Gasteiger partial charge in [-0.1, -0.05) is 0 Å². The van der Waals surface area contributed by atoms with Gasteiger partial charge in [0.25, 0.3) is 5.56 Å². The lowest BCUT2D eigenvalue weighted by Gasteiger charge is -2.06. The molecule has 0 saturated heterocycles. The van der Waals surface area contributed by atoms with Gasteiger partial charge in [0.15, 0.2) is 5.65 Å². The van der Waals surface area contributed by atoms with Crippen LogP contribution in [0.4, 0.5) is 8.78 Å². The topological polar surface area (TPSA) is 92.7 Å². The van der Waals surface area contributed by atoms with Gasteiger partial charge in [0, 0.05) is 12.6 Å². The Bertz CT molecular complexity index is 914. The molecule has 3 rings (SSSR count). The normalized spacial score (nSPS) is 10.9. The lowest BCUT2D eigenvalue weighted by molar-refractivity contribution is -0.121. The first kappa shape index (κ1) is 14.8. The molecule has 0 bridgehead atoms. The van der Waals surface area contributed by atoms with E-state index >= 15 is 0 Å². The summed E-state index contributed by atoms with van der Waals surface area (Å²) in [6.45, 7) is -0.196. The van der Waals surface area contributed by atoms with Gasteiger partial charge < -0.3 is 10.3 Å². The number of fused-ring (bicyclic) bond motifs is 1. The fourth-order valence-electron chi connectivity index (χ4n) is 2.13. The maximum Gasteiger partial charge on any atom is 0.261 e. The molecule has 0 aliphatic rings. The minimum absolute atomic E-state index is 0.0271. The van der Waals surface area contributed by atoms with Crippen LogP contribution in [-0.4, -0.2) is 25.7 Å². The third-order valence-corrected chi connectivity index (χ3v) is 3.14. The van der Waals surface area contributed by atoms with Gasteiger partial charge in [0.05, 0.1) is 12.5 Å². The second-order valence-corrected chi connectivity index (χ2v) is 4.83. The summed E-state index contributed by atoms with van der Waals surface area (Å²) in [5, 5.41) is 6.73. The first-order valence-electron chi connectivity index (χ1n) is 6.64. The number of hydrogen-bond acceptors (Lipinski definition) is 4. The summed E-state index contributed by atoms with van der Waals surface area (Å²) >= 11 is 0. The molecule has 0 radical (unpaired) electrons. The zero-order valence-electron chi connectivity index (χ0n) is 11.7. The zero-order chi connectivity index (χ0) is 16.4. The van der Waals surface area contributed by atoms with Gasteiger partial charge in [-0.25, -0.2) is 18.4 Å². The van der Waals surface area contributed by atoms with Gasteiger partial charge >= 0.3 is 0 Å². The Labute approximate surface area is 128 Å². The Morgan fingerprint density at radius 1 is 1.26 bits per heavy atom. The van der Waals surface area contributed by atoms with Crippen LogP contribution in [0, 0.1) is 11.6 Å². The number of nitrogens with one attached hydrogen (secondary N) is 2. The van der Waals surface area contributed by atoms with E-state index in [0.29, 0.717) is 5.56 Å². The molecule has 0 spiro atoms. The van der Waals surface area contributed by atoms with Crippen LogP contribution in [0.2, 0.25) is 0 Å². The third-order valence-electron chi connectivity index (χ3n) is 3.14. The fourth-order valence-corrected chi connectivity index (χ4v) is 2.13. The van der Waals surface area contributed by atoms with E-state index in [9.17, 15) is 18.4 Å². The molecular weight excluding hydrogens is 308 g/mol. The Kier molecular flexibility index (Phi) is 3.83. The fraction of sp³-hybridized carbons (Fsp3) is 0.143. The van der Waals surface area contributed by atoms with Gasteiger partial charge in [-0.15, -0.1) is 0 Å². The molecule has 9 heteroatoms. The van der Waals surface area contributed by atoms with Gasteiger partial charge in [-0.2, -0.15) is 5.10 Å².